The molecule has 208 valence electrons. The molecule has 1 amide bonds. The lowest BCUT2D eigenvalue weighted by atomic mass is 9.94. The summed E-state index contributed by atoms with van der Waals surface area (Å²) in [7, 11) is 0. The molecule has 0 bridgehead atoms. The van der Waals surface area contributed by atoms with Gasteiger partial charge in [-0.1, -0.05) is 62.4 Å². The molecule has 0 saturated heterocycles. The predicted octanol–water partition coefficient (Wildman–Crippen LogP) is 7.34. The third kappa shape index (κ3) is 6.85. The number of hydrogen-bond donors (Lipinski definition) is 3. The van der Waals surface area contributed by atoms with Crippen LogP contribution in [0.3, 0.4) is 0 Å². The first-order chi connectivity index (χ1) is 19.3. The summed E-state index contributed by atoms with van der Waals surface area (Å²) < 4.78 is 16.1. The molecule has 4 aromatic rings. The number of amides is 1. The van der Waals surface area contributed by atoms with Crippen LogP contribution in [0.4, 0.5) is 10.1 Å². The van der Waals surface area contributed by atoms with E-state index in [1.54, 1.807) is 12.1 Å². The Morgan fingerprint density at radius 1 is 0.875 bits per heavy atom. The predicted molar refractivity (Wildman–Crippen MR) is 156 cm³/mol. The molecule has 3 aromatic carbocycles. The van der Waals surface area contributed by atoms with Crippen molar-refractivity contribution in [2.45, 2.75) is 58.1 Å². The van der Waals surface area contributed by atoms with E-state index < -0.39 is 12.1 Å². The Hall–Kier alpha value is -4.23. The van der Waals surface area contributed by atoms with Gasteiger partial charge in [-0.05, 0) is 72.7 Å². The Balaban J connectivity index is 1.87. The van der Waals surface area contributed by atoms with Crippen molar-refractivity contribution >= 4 is 17.6 Å². The number of rotatable bonds is 12. The van der Waals surface area contributed by atoms with Gasteiger partial charge in [0.15, 0.2) is 0 Å². The monoisotopic (exact) mass is 542 g/mol. The normalized spacial score (nSPS) is 11.9. The average Bonchev–Trinajstić information content (AvgIpc) is 3.28. The van der Waals surface area contributed by atoms with Crippen LogP contribution in [0.25, 0.3) is 22.4 Å². The van der Waals surface area contributed by atoms with Crippen molar-refractivity contribution in [3.8, 4) is 22.4 Å². The Kier molecular flexibility index (Phi) is 9.51. The van der Waals surface area contributed by atoms with Gasteiger partial charge in [0, 0.05) is 23.5 Å². The minimum absolute atomic E-state index is 0.0224. The zero-order valence-corrected chi connectivity index (χ0v) is 22.8. The first-order valence-corrected chi connectivity index (χ1v) is 13.6. The molecule has 0 fully saturated rings. The Bertz CT molecular complexity index is 1430. The second-order valence-electron chi connectivity index (χ2n) is 10.2. The molecule has 0 aliphatic carbocycles. The second-order valence-corrected chi connectivity index (χ2v) is 10.2. The summed E-state index contributed by atoms with van der Waals surface area (Å²) in [5.74, 6) is -1.62. The molecule has 0 unspecified atom stereocenters. The zero-order chi connectivity index (χ0) is 28.6. The quantitative estimate of drug-likeness (QED) is 0.163. The van der Waals surface area contributed by atoms with Crippen molar-refractivity contribution in [2.24, 2.45) is 0 Å². The molecule has 4 rings (SSSR count). The van der Waals surface area contributed by atoms with E-state index in [0.29, 0.717) is 37.1 Å². The molecule has 1 aromatic heterocycles. The van der Waals surface area contributed by atoms with Crippen molar-refractivity contribution in [2.75, 3.05) is 5.32 Å². The molecule has 0 spiro atoms. The van der Waals surface area contributed by atoms with Gasteiger partial charge in [-0.3, -0.25) is 9.59 Å². The number of carboxylic acid groups (broad SMARTS) is 1. The van der Waals surface area contributed by atoms with E-state index in [9.17, 15) is 19.1 Å². The Labute approximate surface area is 234 Å². The number of nitrogens with one attached hydrogen (secondary N) is 1. The second kappa shape index (κ2) is 13.2. The highest BCUT2D eigenvalue weighted by Crippen LogP contribution is 2.42. The fourth-order valence-electron chi connectivity index (χ4n) is 5.16. The van der Waals surface area contributed by atoms with Crippen LogP contribution >= 0.6 is 0 Å². The lowest BCUT2D eigenvalue weighted by Crippen LogP contribution is -2.17. The standard InChI is InChI=1S/C33H35FN2O4/c1-22(2)31-30(33(40)35-26-13-7-4-8-14-26)29(23-11-5-3-6-12-23)32(24-16-18-25(34)19-17-24)36(31)20-10-9-15-27(37)21-28(38)39/h3-8,11-14,16-19,22,27,37H,9-10,15,20-21H2,1-2H3,(H,35,40)(H,38,39)/t27-/m1/s1. The number of carbonyl (C=O) groups excluding carboxylic acids is 1. The summed E-state index contributed by atoms with van der Waals surface area (Å²) in [5, 5.41) is 22.1. The van der Waals surface area contributed by atoms with Crippen LogP contribution in [0, 0.1) is 5.82 Å². The Morgan fingerprint density at radius 2 is 1.50 bits per heavy atom. The smallest absolute Gasteiger partial charge is 0.305 e. The van der Waals surface area contributed by atoms with E-state index in [-0.39, 0.29) is 24.1 Å². The molecule has 0 saturated carbocycles. The number of aliphatic hydroxyl groups is 1. The lowest BCUT2D eigenvalue weighted by Gasteiger charge is -2.18. The number of unbranched alkanes of at least 4 members (excludes halogenated alkanes) is 1. The van der Waals surface area contributed by atoms with Crippen LogP contribution in [-0.2, 0) is 11.3 Å². The summed E-state index contributed by atoms with van der Waals surface area (Å²) in [6, 6.07) is 25.3. The number of aliphatic hydroxyl groups excluding tert-OH is 1. The first-order valence-electron chi connectivity index (χ1n) is 13.6. The van der Waals surface area contributed by atoms with Crippen LogP contribution in [0.1, 0.15) is 61.5 Å². The van der Waals surface area contributed by atoms with Crippen molar-refractivity contribution in [1.82, 2.24) is 4.57 Å². The van der Waals surface area contributed by atoms with E-state index in [4.69, 9.17) is 5.11 Å². The fraction of sp³-hybridized carbons (Fsp3) is 0.273. The maximum absolute atomic E-state index is 14.0. The highest BCUT2D eigenvalue weighted by atomic mass is 19.1. The highest BCUT2D eigenvalue weighted by Gasteiger charge is 2.30. The van der Waals surface area contributed by atoms with E-state index in [2.05, 4.69) is 9.88 Å². The number of aliphatic carboxylic acids is 1. The summed E-state index contributed by atoms with van der Waals surface area (Å²) in [4.78, 5) is 25.0. The van der Waals surface area contributed by atoms with Crippen molar-refractivity contribution in [3.05, 3.63) is 102 Å². The van der Waals surface area contributed by atoms with Gasteiger partial charge in [0.1, 0.15) is 5.82 Å². The third-order valence-electron chi connectivity index (χ3n) is 6.87. The molecular weight excluding hydrogens is 507 g/mol. The molecule has 6 nitrogen and oxygen atoms in total. The lowest BCUT2D eigenvalue weighted by molar-refractivity contribution is -0.139. The number of para-hydroxylation sites is 1. The number of benzene rings is 3. The van der Waals surface area contributed by atoms with Crippen LogP contribution in [-0.4, -0.2) is 32.8 Å². The van der Waals surface area contributed by atoms with Crippen LogP contribution in [0.5, 0.6) is 0 Å². The summed E-state index contributed by atoms with van der Waals surface area (Å²) in [6.07, 6.45) is 0.440. The van der Waals surface area contributed by atoms with Crippen LogP contribution in [0.2, 0.25) is 0 Å². The zero-order valence-electron chi connectivity index (χ0n) is 22.8. The van der Waals surface area contributed by atoms with Gasteiger partial charge in [-0.2, -0.15) is 0 Å². The van der Waals surface area contributed by atoms with Gasteiger partial charge in [0.05, 0.1) is 23.8 Å². The fourth-order valence-corrected chi connectivity index (χ4v) is 5.16. The Morgan fingerprint density at radius 3 is 2.10 bits per heavy atom. The number of carboxylic acids is 1. The van der Waals surface area contributed by atoms with Gasteiger partial charge in [0.25, 0.3) is 5.91 Å². The number of halogens is 1. The van der Waals surface area contributed by atoms with E-state index >= 15 is 0 Å². The van der Waals surface area contributed by atoms with Gasteiger partial charge in [0.2, 0.25) is 0 Å². The topological polar surface area (TPSA) is 91.6 Å². The molecule has 1 heterocycles. The maximum Gasteiger partial charge on any atom is 0.305 e. The largest absolute Gasteiger partial charge is 0.481 e. The number of nitrogens with zero attached hydrogens (tertiary/aromatic N) is 1. The molecule has 0 aliphatic heterocycles. The van der Waals surface area contributed by atoms with Gasteiger partial charge >= 0.3 is 5.97 Å². The maximum atomic E-state index is 14.0. The van der Waals surface area contributed by atoms with Gasteiger partial charge in [-0.25, -0.2) is 4.39 Å². The number of aromatic nitrogens is 1. The van der Waals surface area contributed by atoms with E-state index in [1.807, 2.05) is 74.5 Å². The van der Waals surface area contributed by atoms with Crippen molar-refractivity contribution in [3.63, 3.8) is 0 Å². The molecule has 40 heavy (non-hydrogen) atoms. The minimum Gasteiger partial charge on any atom is -0.481 e. The molecule has 0 aliphatic rings. The van der Waals surface area contributed by atoms with E-state index in [1.165, 1.54) is 12.1 Å². The summed E-state index contributed by atoms with van der Waals surface area (Å²) in [6.45, 7) is 4.63. The molecular formula is C33H35FN2O4. The van der Waals surface area contributed by atoms with Crippen LogP contribution < -0.4 is 5.32 Å². The van der Waals surface area contributed by atoms with Gasteiger partial charge < -0.3 is 20.1 Å². The van der Waals surface area contributed by atoms with Crippen LogP contribution in [0.15, 0.2) is 84.9 Å². The number of anilines is 1. The molecule has 1 atom stereocenters. The number of carbonyl (C=O) groups is 2. The molecule has 0 radical (unpaired) electrons. The van der Waals surface area contributed by atoms with E-state index in [0.717, 1.165) is 28.1 Å². The highest BCUT2D eigenvalue weighted by molar-refractivity contribution is 6.12. The molecule has 3 N–H and O–H groups in total. The molecule has 7 heteroatoms. The SMILES string of the molecule is CC(C)c1c(C(=O)Nc2ccccc2)c(-c2ccccc2)c(-c2ccc(F)cc2)n1CCCC[C@@H](O)CC(=O)O. The van der Waals surface area contributed by atoms with Gasteiger partial charge in [-0.15, -0.1) is 0 Å². The van der Waals surface area contributed by atoms with Crippen molar-refractivity contribution in [1.29, 1.82) is 0 Å². The third-order valence-corrected chi connectivity index (χ3v) is 6.87. The summed E-state index contributed by atoms with van der Waals surface area (Å²) in [5.41, 5.74) is 5.36. The number of hydrogen-bond acceptors (Lipinski definition) is 3. The average molecular weight is 543 g/mol. The minimum atomic E-state index is -1.03. The first kappa shape index (κ1) is 28.8. The van der Waals surface area contributed by atoms with Crippen molar-refractivity contribution < 1.29 is 24.2 Å². The summed E-state index contributed by atoms with van der Waals surface area (Å²) >= 11 is 0.